The van der Waals surface area contributed by atoms with Crippen LogP contribution in [-0.4, -0.2) is 50.8 Å². The van der Waals surface area contributed by atoms with Crippen LogP contribution in [0.2, 0.25) is 10.0 Å². The van der Waals surface area contributed by atoms with E-state index in [1.165, 1.54) is 16.1 Å². The van der Waals surface area contributed by atoms with Crippen LogP contribution in [0.4, 0.5) is 0 Å². The van der Waals surface area contributed by atoms with Crippen molar-refractivity contribution in [3.8, 4) is 0 Å². The van der Waals surface area contributed by atoms with E-state index in [2.05, 4.69) is 34.5 Å². The van der Waals surface area contributed by atoms with Crippen molar-refractivity contribution in [3.05, 3.63) is 140 Å². The van der Waals surface area contributed by atoms with E-state index in [1.54, 1.807) is 41.4 Å². The van der Waals surface area contributed by atoms with Gasteiger partial charge in [-0.05, 0) is 136 Å². The van der Waals surface area contributed by atoms with Crippen LogP contribution >= 0.6 is 34.8 Å². The minimum atomic E-state index is -0.798. The summed E-state index contributed by atoms with van der Waals surface area (Å²) in [6, 6.07) is 29.4. The number of carbonyl (C=O) groups is 3. The third-order valence-corrected chi connectivity index (χ3v) is 8.66. The monoisotopic (exact) mass is 906 g/mol. The molecule has 2 heterocycles. The van der Waals surface area contributed by atoms with Gasteiger partial charge in [0.05, 0.1) is 0 Å². The summed E-state index contributed by atoms with van der Waals surface area (Å²) in [7, 11) is 0. The molecular weight excluding hydrogens is 861 g/mol. The van der Waals surface area contributed by atoms with Crippen LogP contribution in [0.15, 0.2) is 107 Å². The van der Waals surface area contributed by atoms with Crippen molar-refractivity contribution in [3.63, 3.8) is 0 Å². The van der Waals surface area contributed by atoms with Gasteiger partial charge in [-0.3, -0.25) is 19.8 Å². The fourth-order valence-electron chi connectivity index (χ4n) is 4.68. The van der Waals surface area contributed by atoms with Crippen molar-refractivity contribution in [1.82, 2.24) is 15.4 Å². The molecule has 18 heteroatoms. The molecule has 4 aromatic carbocycles. The number of halogens is 3. The van der Waals surface area contributed by atoms with Crippen molar-refractivity contribution in [2.45, 2.75) is 73.3 Å². The summed E-state index contributed by atoms with van der Waals surface area (Å²) >= 11 is 17.0. The number of aryl methyl sites for hydroxylation is 2. The largest absolute Gasteiger partial charge is 1.00 e. The SMILES string of the molecule is C.CC1(C)ON=C(c2ccc(Cl)cc2)N1N.CCc1ccc(C(=O)Cl)cc1.CCc1ccc(C(=O)NN2C(c3ccc(Cl)cc3)=NOC2(C)C)cc1.O=CO[O-].[H-].[K+].[K+]. The molecule has 0 saturated carbocycles. The molecule has 0 atom stereocenters. The molecular formula is C40H47Cl3K2N6O7. The van der Waals surface area contributed by atoms with Crippen molar-refractivity contribution < 1.29 is 138 Å². The number of nitrogens with two attached hydrogens (primary N) is 1. The Morgan fingerprint density at radius 2 is 1.14 bits per heavy atom. The zero-order valence-electron chi connectivity index (χ0n) is 34.1. The molecule has 6 rings (SSSR count). The minimum Gasteiger partial charge on any atom is -1.00 e. The molecule has 2 aliphatic heterocycles. The smallest absolute Gasteiger partial charge is 1.00 e. The maximum Gasteiger partial charge on any atom is 1.00 e. The van der Waals surface area contributed by atoms with E-state index in [0.717, 1.165) is 24.0 Å². The van der Waals surface area contributed by atoms with Crippen LogP contribution in [0.25, 0.3) is 0 Å². The van der Waals surface area contributed by atoms with E-state index in [0.29, 0.717) is 32.8 Å². The van der Waals surface area contributed by atoms with E-state index in [9.17, 15) is 9.59 Å². The standard InChI is InChI=1S/C19H20ClN3O2.C10H12ClN3O.C9H9ClO.CH2O3.CH4.2K.H/c1-4-13-5-7-15(8-6-13)18(24)21-23-17(22-25-19(23,2)3)14-9-11-16(20)12-10-14;1-10(2)14(12)9(13-15-10)7-3-5-8(11)6-4-7;1-2-7-3-5-8(6-4-7)9(10)11;2-1-4-3;;;;/h5-12H,4H2,1-3H3,(H,21,24);3-6H,12H2,1-2H3;3-6H,2H2,1H3;1,3H;1H4;;;/q;;;;;2*+1;-1/p-1. The molecule has 13 nitrogen and oxygen atoms in total. The number of hydrogen-bond acceptors (Lipinski definition) is 12. The predicted molar refractivity (Wildman–Crippen MR) is 218 cm³/mol. The van der Waals surface area contributed by atoms with Gasteiger partial charge in [0.15, 0.2) is 11.7 Å². The van der Waals surface area contributed by atoms with E-state index in [4.69, 9.17) is 60.4 Å². The van der Waals surface area contributed by atoms with Crippen molar-refractivity contribution in [1.29, 1.82) is 0 Å². The summed E-state index contributed by atoms with van der Waals surface area (Å²) in [6.45, 7) is 11.3. The van der Waals surface area contributed by atoms with Gasteiger partial charge in [-0.25, -0.2) is 15.9 Å². The first kappa shape index (κ1) is 56.1. The molecule has 0 radical (unpaired) electrons. The Morgan fingerprint density at radius 3 is 1.50 bits per heavy atom. The van der Waals surface area contributed by atoms with E-state index >= 15 is 0 Å². The normalized spacial score (nSPS) is 13.7. The van der Waals surface area contributed by atoms with Crippen LogP contribution < -0.4 is 119 Å². The number of nitrogens with zero attached hydrogens (tertiary/aromatic N) is 4. The summed E-state index contributed by atoms with van der Waals surface area (Å²) in [4.78, 5) is 45.2. The van der Waals surface area contributed by atoms with E-state index < -0.39 is 16.7 Å². The molecule has 0 unspecified atom stereocenters. The average molecular weight is 908 g/mol. The van der Waals surface area contributed by atoms with E-state index in [1.807, 2.05) is 88.4 Å². The second kappa shape index (κ2) is 27.1. The van der Waals surface area contributed by atoms with Gasteiger partial charge in [0.2, 0.25) is 11.4 Å². The molecule has 0 spiro atoms. The fraction of sp³-hybridized carbons (Fsp3) is 0.275. The molecule has 0 aromatic heterocycles. The second-order valence-corrected chi connectivity index (χ2v) is 13.8. The number of nitrogens with one attached hydrogen (secondary N) is 1. The van der Waals surface area contributed by atoms with Crippen molar-refractivity contribution >= 4 is 64.1 Å². The number of hydrazine groups is 2. The van der Waals surface area contributed by atoms with Gasteiger partial charge in [-0.2, -0.15) is 0 Å². The zero-order valence-corrected chi connectivity index (χ0v) is 41.6. The molecule has 0 aliphatic carbocycles. The summed E-state index contributed by atoms with van der Waals surface area (Å²) in [5.41, 5.74) is 6.71. The number of oxime groups is 2. The van der Waals surface area contributed by atoms with Crippen molar-refractivity contribution in [2.24, 2.45) is 16.2 Å². The van der Waals surface area contributed by atoms with Gasteiger partial charge in [0.25, 0.3) is 17.6 Å². The van der Waals surface area contributed by atoms with E-state index in [-0.39, 0.29) is 124 Å². The van der Waals surface area contributed by atoms with Crippen molar-refractivity contribution in [2.75, 3.05) is 0 Å². The Labute approximate surface area is 441 Å². The van der Waals surface area contributed by atoms with Gasteiger partial charge in [-0.15, -0.1) is 0 Å². The average Bonchev–Trinajstić information content (AvgIpc) is 3.64. The van der Waals surface area contributed by atoms with Crippen LogP contribution in [-0.2, 0) is 32.2 Å². The maximum absolute atomic E-state index is 12.6. The Balaban J connectivity index is 0. The van der Waals surface area contributed by atoms with Gasteiger partial charge in [-0.1, -0.05) is 79.1 Å². The summed E-state index contributed by atoms with van der Waals surface area (Å²) in [5.74, 6) is 6.79. The first-order chi connectivity index (χ1) is 26.1. The Kier molecular flexibility index (Phi) is 26.2. The van der Waals surface area contributed by atoms with Crippen LogP contribution in [0.1, 0.15) is 93.4 Å². The van der Waals surface area contributed by atoms with Crippen LogP contribution in [0.5, 0.6) is 0 Å². The van der Waals surface area contributed by atoms with Gasteiger partial charge in [0.1, 0.15) is 0 Å². The topological polar surface area (TPSA) is 171 Å². The molecule has 3 N–H and O–H groups in total. The molecule has 0 bridgehead atoms. The maximum atomic E-state index is 12.6. The number of benzene rings is 4. The number of rotatable bonds is 8. The predicted octanol–water partition coefficient (Wildman–Crippen LogP) is 1.74. The molecule has 4 aromatic rings. The number of amidine groups is 2. The second-order valence-electron chi connectivity index (χ2n) is 12.6. The molecule has 302 valence electrons. The van der Waals surface area contributed by atoms with Crippen LogP contribution in [0, 0.1) is 0 Å². The van der Waals surface area contributed by atoms with Crippen LogP contribution in [0.3, 0.4) is 0 Å². The first-order valence-corrected chi connectivity index (χ1v) is 18.0. The Hall–Kier alpha value is -1.91. The molecule has 58 heavy (non-hydrogen) atoms. The summed E-state index contributed by atoms with van der Waals surface area (Å²) in [6.07, 6.45) is 1.92. The summed E-state index contributed by atoms with van der Waals surface area (Å²) in [5, 5.41) is 20.6. The molecule has 1 amide bonds. The first-order valence-electron chi connectivity index (χ1n) is 16.9. The molecule has 0 saturated heterocycles. The van der Waals surface area contributed by atoms with Gasteiger partial charge >= 0.3 is 103 Å². The Bertz CT molecular complexity index is 1960. The number of carbonyl (C=O) groups excluding carboxylic acids is 3. The summed E-state index contributed by atoms with van der Waals surface area (Å²) < 4.78 is 0. The molecule has 0 fully saturated rings. The third-order valence-electron chi connectivity index (χ3n) is 7.94. The minimum absolute atomic E-state index is 0. The third kappa shape index (κ3) is 16.9. The van der Waals surface area contributed by atoms with Gasteiger partial charge in [0, 0.05) is 32.3 Å². The Morgan fingerprint density at radius 1 is 0.759 bits per heavy atom. The number of amides is 1. The number of hydrogen-bond donors (Lipinski definition) is 2. The quantitative estimate of drug-likeness (QED) is 0.0664. The molecule has 2 aliphatic rings. The fourth-order valence-corrected chi connectivity index (χ4v) is 5.06. The zero-order chi connectivity index (χ0) is 40.8. The van der Waals surface area contributed by atoms with Gasteiger partial charge < -0.3 is 21.2 Å².